The van der Waals surface area contributed by atoms with Crippen molar-refractivity contribution >= 4 is 11.9 Å². The number of hydrogen-bond donors (Lipinski definition) is 2. The number of guanidine groups is 1. The molecule has 2 aliphatic rings. The van der Waals surface area contributed by atoms with Crippen LogP contribution in [-0.4, -0.2) is 55.6 Å². The molecule has 0 radical (unpaired) electrons. The van der Waals surface area contributed by atoms with Crippen LogP contribution in [0, 0.1) is 0 Å². The first-order valence-electron chi connectivity index (χ1n) is 10.7. The van der Waals surface area contributed by atoms with Crippen molar-refractivity contribution in [3.8, 4) is 5.75 Å². The standard InChI is InChI=1S/C22H34N4O2/c1-3-21(27)26-15-13-18(16-26)25-22(23-2)24-14-12-17-8-10-20(11-9-17)28-19-6-4-5-7-19/h8-11,18-19H,3-7,12-16H2,1-2H3,(H2,23,24,25). The average molecular weight is 387 g/mol. The van der Waals surface area contributed by atoms with Gasteiger partial charge in [0, 0.05) is 39.1 Å². The molecular weight excluding hydrogens is 352 g/mol. The Bertz CT molecular complexity index is 653. The van der Waals surface area contributed by atoms with Crippen LogP contribution in [0.1, 0.15) is 51.0 Å². The molecule has 1 atom stereocenters. The predicted octanol–water partition coefficient (Wildman–Crippen LogP) is 2.73. The zero-order chi connectivity index (χ0) is 19.8. The van der Waals surface area contributed by atoms with Gasteiger partial charge in [-0.25, -0.2) is 0 Å². The maximum absolute atomic E-state index is 11.8. The van der Waals surface area contributed by atoms with Crippen molar-refractivity contribution in [1.82, 2.24) is 15.5 Å². The number of carbonyl (C=O) groups is 1. The highest BCUT2D eigenvalue weighted by atomic mass is 16.5. The summed E-state index contributed by atoms with van der Waals surface area (Å²) >= 11 is 0. The molecule has 0 bridgehead atoms. The number of ether oxygens (including phenoxy) is 1. The molecule has 1 saturated heterocycles. The predicted molar refractivity (Wildman–Crippen MR) is 113 cm³/mol. The second-order valence-corrected chi connectivity index (χ2v) is 7.74. The van der Waals surface area contributed by atoms with Gasteiger partial charge in [0.1, 0.15) is 5.75 Å². The van der Waals surface area contributed by atoms with E-state index in [1.807, 2.05) is 11.8 Å². The molecule has 1 heterocycles. The topological polar surface area (TPSA) is 66.0 Å². The van der Waals surface area contributed by atoms with Crippen LogP contribution in [0.2, 0.25) is 0 Å². The van der Waals surface area contributed by atoms with Gasteiger partial charge in [-0.3, -0.25) is 9.79 Å². The molecule has 1 aliphatic heterocycles. The van der Waals surface area contributed by atoms with E-state index in [2.05, 4.69) is 39.9 Å². The second-order valence-electron chi connectivity index (χ2n) is 7.74. The fourth-order valence-corrected chi connectivity index (χ4v) is 3.97. The van der Waals surface area contributed by atoms with E-state index >= 15 is 0 Å². The number of hydrogen-bond acceptors (Lipinski definition) is 3. The van der Waals surface area contributed by atoms with Crippen LogP contribution in [0.5, 0.6) is 5.75 Å². The summed E-state index contributed by atoms with van der Waals surface area (Å²) in [6.45, 7) is 4.32. The van der Waals surface area contributed by atoms with Crippen molar-refractivity contribution in [1.29, 1.82) is 0 Å². The summed E-state index contributed by atoms with van der Waals surface area (Å²) in [7, 11) is 1.79. The summed E-state index contributed by atoms with van der Waals surface area (Å²) in [4.78, 5) is 18.1. The maximum atomic E-state index is 11.8. The Morgan fingerprint density at radius 3 is 2.64 bits per heavy atom. The molecule has 1 aromatic carbocycles. The number of carbonyl (C=O) groups excluding carboxylic acids is 1. The van der Waals surface area contributed by atoms with Gasteiger partial charge in [0.05, 0.1) is 6.10 Å². The molecule has 0 aromatic heterocycles. The molecule has 1 aromatic rings. The van der Waals surface area contributed by atoms with Gasteiger partial charge in [0.25, 0.3) is 0 Å². The van der Waals surface area contributed by atoms with Gasteiger partial charge in [-0.05, 0) is 56.2 Å². The van der Waals surface area contributed by atoms with E-state index < -0.39 is 0 Å². The summed E-state index contributed by atoms with van der Waals surface area (Å²) in [5, 5.41) is 6.82. The van der Waals surface area contributed by atoms with E-state index in [0.717, 1.165) is 44.2 Å². The van der Waals surface area contributed by atoms with Gasteiger partial charge >= 0.3 is 0 Å². The zero-order valence-corrected chi connectivity index (χ0v) is 17.2. The summed E-state index contributed by atoms with van der Waals surface area (Å²) < 4.78 is 6.03. The number of benzene rings is 1. The minimum atomic E-state index is 0.229. The van der Waals surface area contributed by atoms with Crippen molar-refractivity contribution in [3.05, 3.63) is 29.8 Å². The lowest BCUT2D eigenvalue weighted by atomic mass is 10.1. The molecule has 1 aliphatic carbocycles. The normalized spacial score (nSPS) is 20.4. The minimum absolute atomic E-state index is 0.229. The van der Waals surface area contributed by atoms with Crippen LogP contribution in [0.3, 0.4) is 0 Å². The van der Waals surface area contributed by atoms with Gasteiger partial charge in [0.15, 0.2) is 5.96 Å². The molecular formula is C22H34N4O2. The van der Waals surface area contributed by atoms with Crippen LogP contribution in [0.4, 0.5) is 0 Å². The lowest BCUT2D eigenvalue weighted by Gasteiger charge is -2.18. The summed E-state index contributed by atoms with van der Waals surface area (Å²) in [5.41, 5.74) is 1.28. The highest BCUT2D eigenvalue weighted by Crippen LogP contribution is 2.24. The van der Waals surface area contributed by atoms with Crippen LogP contribution in [-0.2, 0) is 11.2 Å². The second kappa shape index (κ2) is 10.3. The van der Waals surface area contributed by atoms with Gasteiger partial charge in [-0.2, -0.15) is 0 Å². The van der Waals surface area contributed by atoms with Crippen molar-refractivity contribution in [3.63, 3.8) is 0 Å². The van der Waals surface area contributed by atoms with Crippen molar-refractivity contribution in [2.75, 3.05) is 26.7 Å². The number of nitrogens with zero attached hydrogens (tertiary/aromatic N) is 2. The maximum Gasteiger partial charge on any atom is 0.222 e. The number of likely N-dealkylation sites (tertiary alicyclic amines) is 1. The number of nitrogens with one attached hydrogen (secondary N) is 2. The number of aliphatic imine (C=N–C) groups is 1. The van der Waals surface area contributed by atoms with E-state index in [-0.39, 0.29) is 11.9 Å². The largest absolute Gasteiger partial charge is 0.490 e. The first-order valence-corrected chi connectivity index (χ1v) is 10.7. The van der Waals surface area contributed by atoms with Crippen LogP contribution < -0.4 is 15.4 Å². The van der Waals surface area contributed by atoms with Crippen molar-refractivity contribution in [2.24, 2.45) is 4.99 Å². The first kappa shape index (κ1) is 20.5. The molecule has 0 spiro atoms. The number of amides is 1. The van der Waals surface area contributed by atoms with E-state index in [4.69, 9.17) is 4.74 Å². The van der Waals surface area contributed by atoms with Gasteiger partial charge in [0.2, 0.25) is 5.91 Å². The first-order chi connectivity index (χ1) is 13.7. The molecule has 3 rings (SSSR count). The van der Waals surface area contributed by atoms with E-state index in [1.165, 1.54) is 31.2 Å². The molecule has 1 saturated carbocycles. The zero-order valence-electron chi connectivity index (χ0n) is 17.2. The third-order valence-corrected chi connectivity index (χ3v) is 5.64. The Hall–Kier alpha value is -2.24. The molecule has 1 amide bonds. The Balaban J connectivity index is 1.38. The smallest absolute Gasteiger partial charge is 0.222 e. The lowest BCUT2D eigenvalue weighted by Crippen LogP contribution is -2.45. The molecule has 6 heteroatoms. The quantitative estimate of drug-likeness (QED) is 0.559. The summed E-state index contributed by atoms with van der Waals surface area (Å²) in [5.74, 6) is 2.01. The van der Waals surface area contributed by atoms with E-state index in [0.29, 0.717) is 12.5 Å². The van der Waals surface area contributed by atoms with Gasteiger partial charge in [-0.1, -0.05) is 19.1 Å². The van der Waals surface area contributed by atoms with Crippen LogP contribution >= 0.6 is 0 Å². The van der Waals surface area contributed by atoms with Gasteiger partial charge in [-0.15, -0.1) is 0 Å². The third kappa shape index (κ3) is 5.88. The summed E-state index contributed by atoms with van der Waals surface area (Å²) in [6, 6.07) is 8.73. The molecule has 2 fully saturated rings. The third-order valence-electron chi connectivity index (χ3n) is 5.64. The highest BCUT2D eigenvalue weighted by molar-refractivity contribution is 5.80. The Morgan fingerprint density at radius 1 is 1.21 bits per heavy atom. The minimum Gasteiger partial charge on any atom is -0.490 e. The molecule has 1 unspecified atom stereocenters. The fraction of sp³-hybridized carbons (Fsp3) is 0.636. The lowest BCUT2D eigenvalue weighted by molar-refractivity contribution is -0.129. The highest BCUT2D eigenvalue weighted by Gasteiger charge is 2.25. The molecule has 6 nitrogen and oxygen atoms in total. The van der Waals surface area contributed by atoms with Crippen molar-refractivity contribution < 1.29 is 9.53 Å². The monoisotopic (exact) mass is 386 g/mol. The molecule has 28 heavy (non-hydrogen) atoms. The fourth-order valence-electron chi connectivity index (χ4n) is 3.97. The van der Waals surface area contributed by atoms with Crippen molar-refractivity contribution in [2.45, 2.75) is 64.0 Å². The van der Waals surface area contributed by atoms with Crippen LogP contribution in [0.25, 0.3) is 0 Å². The van der Waals surface area contributed by atoms with Gasteiger partial charge < -0.3 is 20.3 Å². The number of rotatable bonds is 7. The van der Waals surface area contributed by atoms with E-state index in [9.17, 15) is 4.79 Å². The summed E-state index contributed by atoms with van der Waals surface area (Å²) in [6.07, 6.45) is 7.82. The molecule has 2 N–H and O–H groups in total. The van der Waals surface area contributed by atoms with Crippen LogP contribution in [0.15, 0.2) is 29.3 Å². The Labute approximate surface area is 168 Å². The average Bonchev–Trinajstić information content (AvgIpc) is 3.40. The Kier molecular flexibility index (Phi) is 7.57. The Morgan fingerprint density at radius 2 is 1.96 bits per heavy atom. The SMILES string of the molecule is CCC(=O)N1CCC(NC(=NC)NCCc2ccc(OC3CCCC3)cc2)C1. The molecule has 154 valence electrons. The van der Waals surface area contributed by atoms with E-state index in [1.54, 1.807) is 7.05 Å².